The Kier molecular flexibility index (Phi) is 5.44. The third-order valence-corrected chi connectivity index (χ3v) is 3.89. The highest BCUT2D eigenvalue weighted by molar-refractivity contribution is 5.21. The van der Waals surface area contributed by atoms with E-state index in [1.54, 1.807) is 12.4 Å². The second kappa shape index (κ2) is 7.15. The predicted octanol–water partition coefficient (Wildman–Crippen LogP) is 2.89. The molecule has 2 rings (SSSR count). The summed E-state index contributed by atoms with van der Waals surface area (Å²) in [6, 6.07) is 5.72. The van der Waals surface area contributed by atoms with Gasteiger partial charge in [-0.2, -0.15) is 0 Å². The second-order valence-electron chi connectivity index (χ2n) is 6.94. The van der Waals surface area contributed by atoms with Gasteiger partial charge in [0.05, 0.1) is 6.10 Å². The minimum Gasteiger partial charge on any atom is -0.388 e. The molecular weight excluding hydrogens is 290 g/mol. The largest absolute Gasteiger partial charge is 0.388 e. The molecule has 0 amide bonds. The van der Waals surface area contributed by atoms with E-state index in [1.165, 1.54) is 0 Å². The first-order chi connectivity index (χ1) is 10.8. The van der Waals surface area contributed by atoms with Crippen molar-refractivity contribution in [1.82, 2.24) is 15.0 Å². The van der Waals surface area contributed by atoms with Gasteiger partial charge < -0.3 is 10.2 Å². The number of rotatable bonds is 5. The van der Waals surface area contributed by atoms with Crippen LogP contribution >= 0.6 is 0 Å². The first-order valence-corrected chi connectivity index (χ1v) is 7.88. The fourth-order valence-corrected chi connectivity index (χ4v) is 2.40. The van der Waals surface area contributed by atoms with Crippen LogP contribution in [0.15, 0.2) is 30.6 Å². The Morgan fingerprint density at radius 2 is 1.87 bits per heavy atom. The molecule has 0 fully saturated rings. The zero-order chi connectivity index (χ0) is 17.0. The Balaban J connectivity index is 2.07. The fraction of sp³-hybridized carbons (Fsp3) is 0.500. The van der Waals surface area contributed by atoms with Crippen molar-refractivity contribution >= 4 is 0 Å². The van der Waals surface area contributed by atoms with Crippen molar-refractivity contribution in [3.63, 3.8) is 0 Å². The third kappa shape index (κ3) is 4.56. The summed E-state index contributed by atoms with van der Waals surface area (Å²) in [6.07, 6.45) is 3.32. The Morgan fingerprint density at radius 1 is 1.13 bits per heavy atom. The lowest BCUT2D eigenvalue weighted by Gasteiger charge is -2.20. The number of pyridine rings is 1. The molecule has 2 N–H and O–H groups in total. The normalized spacial score (nSPS) is 14.5. The molecule has 5 heteroatoms. The number of nitrogens with zero attached hydrogens (tertiary/aromatic N) is 3. The van der Waals surface area contributed by atoms with Crippen LogP contribution in [0.4, 0.5) is 0 Å². The minimum atomic E-state index is -0.598. The summed E-state index contributed by atoms with van der Waals surface area (Å²) in [4.78, 5) is 12.7. The van der Waals surface area contributed by atoms with Gasteiger partial charge in [0.1, 0.15) is 6.61 Å². The molecule has 0 aliphatic heterocycles. The van der Waals surface area contributed by atoms with Crippen LogP contribution in [-0.2, 0) is 12.0 Å². The number of hydrogen-bond acceptors (Lipinski definition) is 5. The maximum absolute atomic E-state index is 10.4. The molecule has 23 heavy (non-hydrogen) atoms. The Labute approximate surface area is 137 Å². The topological polar surface area (TPSA) is 79.1 Å². The van der Waals surface area contributed by atoms with Crippen molar-refractivity contribution in [2.45, 2.75) is 58.2 Å². The second-order valence-corrected chi connectivity index (χ2v) is 6.94. The van der Waals surface area contributed by atoms with Gasteiger partial charge in [0, 0.05) is 35.1 Å². The molecule has 5 nitrogen and oxygen atoms in total. The molecule has 0 spiro atoms. The Hall–Kier alpha value is -1.85. The average molecular weight is 315 g/mol. The van der Waals surface area contributed by atoms with Crippen molar-refractivity contribution in [3.8, 4) is 0 Å². The summed E-state index contributed by atoms with van der Waals surface area (Å²) < 4.78 is 0. The van der Waals surface area contributed by atoms with Crippen LogP contribution in [-0.4, -0.2) is 25.2 Å². The SMILES string of the molecule is CC(CC(O)c1ccc(C(C)(C)C)nc1)c1ccnc(CO)n1. The van der Waals surface area contributed by atoms with Gasteiger partial charge in [-0.3, -0.25) is 4.98 Å². The van der Waals surface area contributed by atoms with E-state index in [2.05, 4.69) is 35.7 Å². The van der Waals surface area contributed by atoms with Gasteiger partial charge in [-0.25, -0.2) is 9.97 Å². The Bertz CT molecular complexity index is 635. The number of aliphatic hydroxyl groups is 2. The lowest BCUT2D eigenvalue weighted by atomic mass is 9.90. The van der Waals surface area contributed by atoms with Crippen LogP contribution in [0.5, 0.6) is 0 Å². The van der Waals surface area contributed by atoms with E-state index in [4.69, 9.17) is 5.11 Å². The van der Waals surface area contributed by atoms with Crippen molar-refractivity contribution in [1.29, 1.82) is 0 Å². The molecule has 0 bridgehead atoms. The molecule has 2 unspecified atom stereocenters. The zero-order valence-corrected chi connectivity index (χ0v) is 14.2. The Morgan fingerprint density at radius 3 is 2.43 bits per heavy atom. The molecule has 0 radical (unpaired) electrons. The average Bonchev–Trinajstić information content (AvgIpc) is 2.54. The number of aromatic nitrogens is 3. The highest BCUT2D eigenvalue weighted by Gasteiger charge is 2.18. The standard InChI is InChI=1S/C18H25N3O2/c1-12(14-7-8-19-17(11-22)21-14)9-15(23)13-5-6-16(20-10-13)18(2,3)4/h5-8,10,12,15,22-23H,9,11H2,1-4H3. The molecule has 0 aliphatic rings. The first-order valence-electron chi connectivity index (χ1n) is 7.88. The molecule has 2 atom stereocenters. The maximum Gasteiger partial charge on any atom is 0.153 e. The van der Waals surface area contributed by atoms with Gasteiger partial charge in [-0.05, 0) is 24.1 Å². The van der Waals surface area contributed by atoms with E-state index >= 15 is 0 Å². The molecule has 2 aromatic heterocycles. The van der Waals surface area contributed by atoms with E-state index in [9.17, 15) is 5.11 Å². The van der Waals surface area contributed by atoms with Gasteiger partial charge in [0.15, 0.2) is 5.82 Å². The first kappa shape index (κ1) is 17.5. The molecule has 2 heterocycles. The molecule has 0 aliphatic carbocycles. The lowest BCUT2D eigenvalue weighted by molar-refractivity contribution is 0.158. The minimum absolute atomic E-state index is 0.00156. The van der Waals surface area contributed by atoms with Gasteiger partial charge in [0.2, 0.25) is 0 Å². The molecule has 2 aromatic rings. The van der Waals surface area contributed by atoms with Crippen LogP contribution in [0.25, 0.3) is 0 Å². The summed E-state index contributed by atoms with van der Waals surface area (Å²) in [7, 11) is 0. The molecular formula is C18H25N3O2. The summed E-state index contributed by atoms with van der Waals surface area (Å²) in [6.45, 7) is 8.16. The highest BCUT2D eigenvalue weighted by Crippen LogP contribution is 2.28. The highest BCUT2D eigenvalue weighted by atomic mass is 16.3. The zero-order valence-electron chi connectivity index (χ0n) is 14.2. The van der Waals surface area contributed by atoms with Crippen LogP contribution in [0.2, 0.25) is 0 Å². The monoisotopic (exact) mass is 315 g/mol. The predicted molar refractivity (Wildman–Crippen MR) is 88.9 cm³/mol. The maximum atomic E-state index is 10.4. The van der Waals surface area contributed by atoms with Gasteiger partial charge in [-0.1, -0.05) is 33.8 Å². The lowest BCUT2D eigenvalue weighted by Crippen LogP contribution is -2.14. The number of aliphatic hydroxyl groups excluding tert-OH is 2. The van der Waals surface area contributed by atoms with Crippen molar-refractivity contribution in [3.05, 3.63) is 53.4 Å². The fourth-order valence-electron chi connectivity index (χ4n) is 2.40. The summed E-state index contributed by atoms with van der Waals surface area (Å²) in [5, 5.41) is 19.6. The summed E-state index contributed by atoms with van der Waals surface area (Å²) in [5.74, 6) is 0.459. The van der Waals surface area contributed by atoms with Crippen LogP contribution in [0.3, 0.4) is 0 Å². The van der Waals surface area contributed by atoms with Crippen molar-refractivity contribution < 1.29 is 10.2 Å². The summed E-state index contributed by atoms with van der Waals surface area (Å²) in [5.41, 5.74) is 2.63. The molecule has 0 aromatic carbocycles. The van der Waals surface area contributed by atoms with E-state index in [1.807, 2.05) is 25.1 Å². The quantitative estimate of drug-likeness (QED) is 0.887. The van der Waals surface area contributed by atoms with Crippen LogP contribution in [0, 0.1) is 0 Å². The molecule has 0 saturated heterocycles. The van der Waals surface area contributed by atoms with Crippen molar-refractivity contribution in [2.75, 3.05) is 0 Å². The van der Waals surface area contributed by atoms with E-state index in [-0.39, 0.29) is 17.9 Å². The van der Waals surface area contributed by atoms with E-state index < -0.39 is 6.10 Å². The smallest absolute Gasteiger partial charge is 0.153 e. The van der Waals surface area contributed by atoms with E-state index in [0.29, 0.717) is 12.2 Å². The van der Waals surface area contributed by atoms with Gasteiger partial charge in [-0.15, -0.1) is 0 Å². The molecule has 124 valence electrons. The van der Waals surface area contributed by atoms with Crippen LogP contribution in [0.1, 0.15) is 68.9 Å². The van der Waals surface area contributed by atoms with Crippen LogP contribution < -0.4 is 0 Å². The molecule has 0 saturated carbocycles. The van der Waals surface area contributed by atoms with E-state index in [0.717, 1.165) is 17.0 Å². The summed E-state index contributed by atoms with van der Waals surface area (Å²) >= 11 is 0. The number of hydrogen-bond donors (Lipinski definition) is 2. The van der Waals surface area contributed by atoms with Crippen molar-refractivity contribution in [2.24, 2.45) is 0 Å². The third-order valence-electron chi connectivity index (χ3n) is 3.89. The van der Waals surface area contributed by atoms with Gasteiger partial charge in [0.25, 0.3) is 0 Å². The van der Waals surface area contributed by atoms with Gasteiger partial charge >= 0.3 is 0 Å².